The number of carbonyl (C=O) groups is 2. The smallest absolute Gasteiger partial charge is 0.310 e. The number of hydrogen-bond donors (Lipinski definition) is 0. The number of amides is 1. The molecule has 8 nitrogen and oxygen atoms in total. The summed E-state index contributed by atoms with van der Waals surface area (Å²) in [6.45, 7) is 3.58. The van der Waals surface area contributed by atoms with Gasteiger partial charge in [0.15, 0.2) is 0 Å². The van der Waals surface area contributed by atoms with Crippen molar-refractivity contribution in [2.75, 3.05) is 39.9 Å². The Kier molecular flexibility index (Phi) is 7.36. The summed E-state index contributed by atoms with van der Waals surface area (Å²) in [5.41, 5.74) is 0. The molecule has 2 saturated heterocycles. The lowest BCUT2D eigenvalue weighted by molar-refractivity contribution is -0.152. The molecule has 0 spiro atoms. The molecule has 1 amide bonds. The number of piperidine rings is 2. The first kappa shape index (κ1) is 22.6. The van der Waals surface area contributed by atoms with Crippen LogP contribution in [0.3, 0.4) is 0 Å². The highest BCUT2D eigenvalue weighted by Crippen LogP contribution is 2.28. The van der Waals surface area contributed by atoms with Crippen LogP contribution >= 0.6 is 0 Å². The van der Waals surface area contributed by atoms with Gasteiger partial charge in [-0.15, -0.1) is 0 Å². The van der Waals surface area contributed by atoms with E-state index >= 15 is 0 Å². The van der Waals surface area contributed by atoms with Crippen LogP contribution in [0.25, 0.3) is 0 Å². The molecule has 3 rings (SSSR count). The average Bonchev–Trinajstić information content (AvgIpc) is 2.79. The summed E-state index contributed by atoms with van der Waals surface area (Å²) in [7, 11) is -2.16. The Hall–Kier alpha value is -2.13. The van der Waals surface area contributed by atoms with E-state index in [1.165, 1.54) is 23.5 Å². The number of nitrogens with zero attached hydrogens (tertiary/aromatic N) is 2. The molecule has 2 fully saturated rings. The third-order valence-corrected chi connectivity index (χ3v) is 7.66. The molecule has 1 aromatic rings. The van der Waals surface area contributed by atoms with Crippen LogP contribution in [0, 0.1) is 11.8 Å². The fourth-order valence-electron chi connectivity index (χ4n) is 4.15. The standard InChI is InChI=1S/C21H30N2O6S/c1-3-29-21(25)17-7-4-12-22(14-17)20(24)16-6-5-13-23(15-16)30(26,27)19-10-8-18(28-2)9-11-19/h8-11,16-17H,3-7,12-15H2,1-2H3/t16-,17-/m0/s1. The zero-order valence-corrected chi connectivity index (χ0v) is 18.4. The lowest BCUT2D eigenvalue weighted by Crippen LogP contribution is -2.50. The maximum Gasteiger partial charge on any atom is 0.310 e. The highest BCUT2D eigenvalue weighted by atomic mass is 32.2. The Labute approximate surface area is 178 Å². The van der Waals surface area contributed by atoms with E-state index in [0.29, 0.717) is 51.3 Å². The first-order chi connectivity index (χ1) is 14.4. The molecule has 0 unspecified atom stereocenters. The molecule has 2 aliphatic rings. The maximum atomic E-state index is 13.1. The first-order valence-corrected chi connectivity index (χ1v) is 11.9. The quantitative estimate of drug-likeness (QED) is 0.630. The Balaban J connectivity index is 1.67. The molecule has 0 N–H and O–H groups in total. The van der Waals surface area contributed by atoms with E-state index in [1.54, 1.807) is 24.0 Å². The topological polar surface area (TPSA) is 93.2 Å². The summed E-state index contributed by atoms with van der Waals surface area (Å²) in [4.78, 5) is 27.1. The van der Waals surface area contributed by atoms with Crippen molar-refractivity contribution in [2.45, 2.75) is 37.5 Å². The minimum atomic E-state index is -3.68. The normalized spacial score (nSPS) is 23.1. The van der Waals surface area contributed by atoms with Crippen molar-refractivity contribution in [3.05, 3.63) is 24.3 Å². The molecule has 0 aliphatic carbocycles. The number of rotatable bonds is 6. The second kappa shape index (κ2) is 9.78. The summed E-state index contributed by atoms with van der Waals surface area (Å²) >= 11 is 0. The number of sulfonamides is 1. The third kappa shape index (κ3) is 4.95. The van der Waals surface area contributed by atoms with Crippen LogP contribution in [0.5, 0.6) is 5.75 Å². The van der Waals surface area contributed by atoms with Crippen molar-refractivity contribution in [3.63, 3.8) is 0 Å². The molecule has 166 valence electrons. The van der Waals surface area contributed by atoms with Crippen molar-refractivity contribution in [2.24, 2.45) is 11.8 Å². The van der Waals surface area contributed by atoms with E-state index in [1.807, 2.05) is 0 Å². The SMILES string of the molecule is CCOC(=O)[C@H]1CCCN(C(=O)[C@H]2CCCN(S(=O)(=O)c3ccc(OC)cc3)C2)C1. The van der Waals surface area contributed by atoms with Gasteiger partial charge >= 0.3 is 5.97 Å². The highest BCUT2D eigenvalue weighted by Gasteiger charge is 2.37. The lowest BCUT2D eigenvalue weighted by Gasteiger charge is -2.37. The van der Waals surface area contributed by atoms with Crippen molar-refractivity contribution in [3.8, 4) is 5.75 Å². The zero-order chi connectivity index (χ0) is 21.7. The van der Waals surface area contributed by atoms with E-state index in [-0.39, 0.29) is 29.2 Å². The molecule has 1 aromatic carbocycles. The van der Waals surface area contributed by atoms with Gasteiger partial charge in [-0.3, -0.25) is 9.59 Å². The maximum absolute atomic E-state index is 13.1. The minimum absolute atomic E-state index is 0.0707. The summed E-state index contributed by atoms with van der Waals surface area (Å²) in [5.74, 6) is -0.444. The van der Waals surface area contributed by atoms with Crippen molar-refractivity contribution < 1.29 is 27.5 Å². The molecular weight excluding hydrogens is 408 g/mol. The summed E-state index contributed by atoms with van der Waals surface area (Å²) < 4.78 is 37.7. The van der Waals surface area contributed by atoms with Gasteiger partial charge in [0.1, 0.15) is 5.75 Å². The molecule has 2 aliphatic heterocycles. The fourth-order valence-corrected chi connectivity index (χ4v) is 5.67. The van der Waals surface area contributed by atoms with Crippen molar-refractivity contribution in [1.29, 1.82) is 0 Å². The molecule has 30 heavy (non-hydrogen) atoms. The lowest BCUT2D eigenvalue weighted by atomic mass is 9.94. The van der Waals surface area contributed by atoms with Crippen LogP contribution in [0.15, 0.2) is 29.2 Å². The number of ether oxygens (including phenoxy) is 2. The minimum Gasteiger partial charge on any atom is -0.497 e. The molecular formula is C21H30N2O6S. The van der Waals surface area contributed by atoms with Crippen molar-refractivity contribution >= 4 is 21.9 Å². The van der Waals surface area contributed by atoms with Gasteiger partial charge in [0.2, 0.25) is 15.9 Å². The zero-order valence-electron chi connectivity index (χ0n) is 17.6. The number of carbonyl (C=O) groups excluding carboxylic acids is 2. The molecule has 0 aromatic heterocycles. The number of benzene rings is 1. The van der Waals surface area contributed by atoms with Crippen LogP contribution in [-0.4, -0.2) is 69.4 Å². The molecule has 2 atom stereocenters. The van der Waals surface area contributed by atoms with Gasteiger partial charge in [-0.05, 0) is 56.9 Å². The predicted molar refractivity (Wildman–Crippen MR) is 110 cm³/mol. The van der Waals surface area contributed by atoms with Crippen LogP contribution in [0.4, 0.5) is 0 Å². The van der Waals surface area contributed by atoms with Gasteiger partial charge in [0.25, 0.3) is 0 Å². The summed E-state index contributed by atoms with van der Waals surface area (Å²) in [5, 5.41) is 0. The van der Waals surface area contributed by atoms with Gasteiger partial charge in [-0.25, -0.2) is 8.42 Å². The molecule has 2 heterocycles. The fraction of sp³-hybridized carbons (Fsp3) is 0.619. The van der Waals surface area contributed by atoms with E-state index in [4.69, 9.17) is 9.47 Å². The molecule has 0 radical (unpaired) electrons. The monoisotopic (exact) mass is 438 g/mol. The summed E-state index contributed by atoms with van der Waals surface area (Å²) in [6, 6.07) is 6.27. The van der Waals surface area contributed by atoms with E-state index < -0.39 is 15.9 Å². The van der Waals surface area contributed by atoms with E-state index in [0.717, 1.165) is 6.42 Å². The highest BCUT2D eigenvalue weighted by molar-refractivity contribution is 7.89. The number of likely N-dealkylation sites (tertiary alicyclic amines) is 1. The predicted octanol–water partition coefficient (Wildman–Crippen LogP) is 1.90. The number of hydrogen-bond acceptors (Lipinski definition) is 6. The molecule has 9 heteroatoms. The number of methoxy groups -OCH3 is 1. The summed E-state index contributed by atoms with van der Waals surface area (Å²) in [6.07, 6.45) is 2.73. The van der Waals surface area contributed by atoms with E-state index in [2.05, 4.69) is 0 Å². The second-order valence-corrected chi connectivity index (χ2v) is 9.69. The third-order valence-electron chi connectivity index (χ3n) is 5.78. The van der Waals surface area contributed by atoms with E-state index in [9.17, 15) is 18.0 Å². The Morgan fingerprint density at radius 3 is 2.37 bits per heavy atom. The van der Waals surface area contributed by atoms with Gasteiger partial charge in [0.05, 0.1) is 30.4 Å². The van der Waals surface area contributed by atoms with Crippen molar-refractivity contribution in [1.82, 2.24) is 9.21 Å². The Morgan fingerprint density at radius 1 is 1.03 bits per heavy atom. The van der Waals surface area contributed by atoms with Gasteiger partial charge < -0.3 is 14.4 Å². The van der Waals surface area contributed by atoms with Crippen LogP contribution in [-0.2, 0) is 24.3 Å². The average molecular weight is 439 g/mol. The van der Waals surface area contributed by atoms with Crippen LogP contribution < -0.4 is 4.74 Å². The largest absolute Gasteiger partial charge is 0.497 e. The van der Waals surface area contributed by atoms with Gasteiger partial charge in [-0.1, -0.05) is 0 Å². The Morgan fingerprint density at radius 2 is 1.70 bits per heavy atom. The molecule has 0 bridgehead atoms. The first-order valence-electron chi connectivity index (χ1n) is 10.5. The second-order valence-electron chi connectivity index (χ2n) is 7.75. The van der Waals surface area contributed by atoms with Crippen LogP contribution in [0.2, 0.25) is 0 Å². The van der Waals surface area contributed by atoms with Gasteiger partial charge in [0, 0.05) is 26.2 Å². The Bertz CT molecular complexity index is 855. The molecule has 0 saturated carbocycles. The number of esters is 1. The van der Waals surface area contributed by atoms with Crippen LogP contribution in [0.1, 0.15) is 32.6 Å². The van der Waals surface area contributed by atoms with Gasteiger partial charge in [-0.2, -0.15) is 4.31 Å².